The van der Waals surface area contributed by atoms with Crippen LogP contribution in [0, 0.1) is 0 Å². The van der Waals surface area contributed by atoms with Crippen LogP contribution in [0.1, 0.15) is 210 Å². The number of anilines is 1. The van der Waals surface area contributed by atoms with Gasteiger partial charge < -0.3 is 39.9 Å². The van der Waals surface area contributed by atoms with Crippen molar-refractivity contribution in [1.82, 2.24) is 24.8 Å². The number of esters is 2. The Hall–Kier alpha value is -4.87. The molecule has 0 aliphatic heterocycles. The number of fused-ring (bicyclic) bond motifs is 1. The Bertz CT molecular complexity index is 2210. The molecule has 0 spiro atoms. The maximum Gasteiger partial charge on any atom is 0.472 e. The number of amides is 1. The van der Waals surface area contributed by atoms with Gasteiger partial charge in [0.2, 0.25) is 0 Å². The van der Waals surface area contributed by atoms with E-state index in [1.165, 1.54) is 88.7 Å². The number of aromatic nitrogens is 4. The quantitative estimate of drug-likeness (QED) is 0.0178. The number of H-pyrrole nitrogens is 1. The van der Waals surface area contributed by atoms with E-state index in [1.807, 2.05) is 0 Å². The molecule has 0 aliphatic rings. The van der Waals surface area contributed by atoms with Crippen LogP contribution in [0.15, 0.2) is 53.4 Å². The van der Waals surface area contributed by atoms with E-state index in [1.54, 1.807) is 24.3 Å². The van der Waals surface area contributed by atoms with Gasteiger partial charge in [0, 0.05) is 32.1 Å². The zero-order valence-electron chi connectivity index (χ0n) is 46.2. The molecule has 1 aromatic carbocycles. The summed E-state index contributed by atoms with van der Waals surface area (Å²) in [7, 11) is -3.16. The number of rotatable bonds is 47. The predicted octanol–water partition coefficient (Wildman–Crippen LogP) is 12.2. The second-order valence-corrected chi connectivity index (χ2v) is 20.9. The molecule has 5 N–H and O–H groups in total. The van der Waals surface area contributed by atoms with Crippen molar-refractivity contribution in [2.24, 2.45) is 0 Å². The number of aromatic amines is 1. The largest absolute Gasteiger partial charge is 0.472 e. The third kappa shape index (κ3) is 30.2. The van der Waals surface area contributed by atoms with E-state index < -0.39 is 44.1 Å². The summed E-state index contributed by atoms with van der Waals surface area (Å²) < 4.78 is 46.2. The molecule has 18 nitrogen and oxygen atoms in total. The molecule has 19 heteroatoms. The lowest BCUT2D eigenvalue weighted by atomic mass is 10.1. The van der Waals surface area contributed by atoms with Crippen molar-refractivity contribution >= 4 is 42.7 Å². The zero-order valence-corrected chi connectivity index (χ0v) is 47.1. The number of allylic oxidation sites excluding steroid dienone is 4. The molecule has 0 aliphatic carbocycles. The molecular weight excluding hydrogens is 992 g/mol. The number of phosphoric ester groups is 1. The number of nitrogens with zero attached hydrogens (tertiary/aromatic N) is 3. The molecule has 428 valence electrons. The Balaban J connectivity index is 1.41. The summed E-state index contributed by atoms with van der Waals surface area (Å²) in [5.74, 6) is -1.40. The lowest BCUT2D eigenvalue weighted by Gasteiger charge is -2.20. The molecule has 0 fully saturated rings. The van der Waals surface area contributed by atoms with Crippen LogP contribution < -0.4 is 21.5 Å². The number of hydrogen-bond acceptors (Lipinski definition) is 14. The average molecular weight is 1090 g/mol. The second kappa shape index (κ2) is 41.3. The lowest BCUT2D eigenvalue weighted by Crippen LogP contribution is -2.30. The van der Waals surface area contributed by atoms with Crippen molar-refractivity contribution in [2.45, 2.75) is 206 Å². The molecule has 3 aromatic rings. The smallest absolute Gasteiger partial charge is 0.462 e. The fourth-order valence-corrected chi connectivity index (χ4v) is 9.10. The normalized spacial score (nSPS) is 12.9. The molecule has 2 unspecified atom stereocenters. The first kappa shape index (κ1) is 65.4. The van der Waals surface area contributed by atoms with Gasteiger partial charge in [0.1, 0.15) is 18.7 Å². The summed E-state index contributed by atoms with van der Waals surface area (Å²) in [5.41, 5.74) is 7.08. The van der Waals surface area contributed by atoms with E-state index >= 15 is 0 Å². The first-order valence-corrected chi connectivity index (χ1v) is 30.0. The van der Waals surface area contributed by atoms with Crippen molar-refractivity contribution < 1.29 is 51.8 Å². The van der Waals surface area contributed by atoms with Crippen molar-refractivity contribution in [3.63, 3.8) is 0 Å². The van der Waals surface area contributed by atoms with Crippen LogP contribution >= 0.6 is 7.82 Å². The number of carbonyl (C=O) groups is 3. The van der Waals surface area contributed by atoms with Gasteiger partial charge in [-0.2, -0.15) is 9.97 Å². The number of nitrogens with two attached hydrogens (primary N) is 1. The topological polar surface area (TPSA) is 246 Å². The van der Waals surface area contributed by atoms with E-state index in [0.717, 1.165) is 77.0 Å². The summed E-state index contributed by atoms with van der Waals surface area (Å²) in [5, 5.41) is 2.63. The fraction of sp³-hybridized carbons (Fsp3) is 0.684. The van der Waals surface area contributed by atoms with E-state index in [0.29, 0.717) is 25.0 Å². The van der Waals surface area contributed by atoms with Gasteiger partial charge in [-0.1, -0.05) is 153 Å². The first-order valence-electron chi connectivity index (χ1n) is 28.5. The van der Waals surface area contributed by atoms with Gasteiger partial charge in [0.25, 0.3) is 5.91 Å². The Morgan fingerprint density at radius 1 is 0.697 bits per heavy atom. The first-order chi connectivity index (χ1) is 37.0. The molecule has 2 aromatic heterocycles. The minimum absolute atomic E-state index is 0.00346. The molecule has 3 rings (SSSR count). The molecule has 0 radical (unpaired) electrons. The van der Waals surface area contributed by atoms with Crippen LogP contribution in [0.5, 0.6) is 6.01 Å². The minimum atomic E-state index is -4.69. The fourth-order valence-electron chi connectivity index (χ4n) is 8.34. The number of nitrogens with one attached hydrogen (secondary N) is 2. The maximum absolute atomic E-state index is 12.9. The van der Waals surface area contributed by atoms with Gasteiger partial charge in [0.05, 0.1) is 26.4 Å². The standard InChI is InChI=1S/C57H93N6O12P/c1-4-6-8-10-12-14-16-18-20-22-24-26-28-30-32-34-50(64)72-45-49(75-51(65)35-33-31-29-27-25-23-21-19-17-15-13-11-9-7-5-2)46-74-76(68,69)73-41-40-59-55(66)48-38-36-47(37-39-48)44-63-54-52(60-57(63)67)53(58)61-56(62-54)71-43-42-70-3/h18-21,36-39,49H,4-17,22-35,40-46H2,1-3H3,(H,59,66)(H,60,67)(H,68,69)(H2,58,61,62)/b20-18-,21-19-. The number of phosphoric acid groups is 1. The number of carbonyl (C=O) groups excluding carboxylic acids is 3. The summed E-state index contributed by atoms with van der Waals surface area (Å²) >= 11 is 0. The van der Waals surface area contributed by atoms with Gasteiger partial charge >= 0.3 is 31.5 Å². The van der Waals surface area contributed by atoms with Gasteiger partial charge in [-0.05, 0) is 81.9 Å². The maximum atomic E-state index is 12.9. The number of hydrogen-bond donors (Lipinski definition) is 4. The molecular formula is C57H93N6O12P. The van der Waals surface area contributed by atoms with Crippen LogP contribution in [-0.4, -0.2) is 95.1 Å². The van der Waals surface area contributed by atoms with Crippen molar-refractivity contribution in [3.05, 3.63) is 70.2 Å². The number of ether oxygens (including phenoxy) is 4. The number of benzene rings is 1. The zero-order chi connectivity index (χ0) is 54.9. The van der Waals surface area contributed by atoms with Gasteiger partial charge in [-0.3, -0.25) is 28.0 Å². The summed E-state index contributed by atoms with van der Waals surface area (Å²) in [6, 6.07) is 6.48. The van der Waals surface area contributed by atoms with Gasteiger partial charge in [-0.15, -0.1) is 0 Å². The highest BCUT2D eigenvalue weighted by Crippen LogP contribution is 2.43. The summed E-state index contributed by atoms with van der Waals surface area (Å²) in [4.78, 5) is 73.0. The van der Waals surface area contributed by atoms with E-state index in [-0.39, 0.29) is 74.3 Å². The van der Waals surface area contributed by atoms with Gasteiger partial charge in [0.15, 0.2) is 17.6 Å². The molecule has 0 saturated heterocycles. The van der Waals surface area contributed by atoms with Crippen LogP contribution in [0.4, 0.5) is 5.82 Å². The molecule has 76 heavy (non-hydrogen) atoms. The highest BCUT2D eigenvalue weighted by Gasteiger charge is 2.26. The summed E-state index contributed by atoms with van der Waals surface area (Å²) in [6.45, 7) is 3.66. The van der Waals surface area contributed by atoms with Crippen LogP contribution in [0.3, 0.4) is 0 Å². The second-order valence-electron chi connectivity index (χ2n) is 19.5. The van der Waals surface area contributed by atoms with Gasteiger partial charge in [-0.25, -0.2) is 9.36 Å². The number of imidazole rings is 1. The van der Waals surface area contributed by atoms with E-state index in [9.17, 15) is 28.6 Å². The number of methoxy groups -OCH3 is 1. The molecule has 0 saturated carbocycles. The number of nitrogen functional groups attached to an aromatic ring is 1. The number of unbranched alkanes of at least 4 members (excludes halogenated alkanes) is 22. The Kier molecular flexibility index (Phi) is 35.5. The molecule has 2 heterocycles. The molecule has 2 atom stereocenters. The predicted molar refractivity (Wildman–Crippen MR) is 299 cm³/mol. The lowest BCUT2D eigenvalue weighted by molar-refractivity contribution is -0.161. The average Bonchev–Trinajstić information content (AvgIpc) is 3.74. The van der Waals surface area contributed by atoms with Crippen molar-refractivity contribution in [1.29, 1.82) is 0 Å². The van der Waals surface area contributed by atoms with Crippen LogP contribution in [0.25, 0.3) is 11.2 Å². The summed E-state index contributed by atoms with van der Waals surface area (Å²) in [6.07, 6.45) is 37.9. The third-order valence-electron chi connectivity index (χ3n) is 12.8. The van der Waals surface area contributed by atoms with Crippen molar-refractivity contribution in [3.8, 4) is 6.01 Å². The van der Waals surface area contributed by atoms with E-state index in [4.69, 9.17) is 33.7 Å². The Labute approximate surface area is 452 Å². The Morgan fingerprint density at radius 3 is 1.78 bits per heavy atom. The SMILES string of the molecule is CCCCCCCC/C=C\CCCCCCCC(=O)OCC(COP(=O)(O)OCCNC(=O)c1ccc(Cn2c(=O)[nH]c3c(N)nc(OCCOC)nc32)cc1)OC(=O)CCCCCCC/C=C\CCCCCCCC. The highest BCUT2D eigenvalue weighted by molar-refractivity contribution is 7.47. The minimum Gasteiger partial charge on any atom is -0.462 e. The monoisotopic (exact) mass is 1080 g/mol. The third-order valence-corrected chi connectivity index (χ3v) is 13.8. The molecule has 1 amide bonds. The van der Waals surface area contributed by atoms with E-state index in [2.05, 4.69) is 58.4 Å². The van der Waals surface area contributed by atoms with Crippen molar-refractivity contribution in [2.75, 3.05) is 52.4 Å². The highest BCUT2D eigenvalue weighted by atomic mass is 31.2. The van der Waals surface area contributed by atoms with Crippen LogP contribution in [-0.2, 0) is 44.0 Å². The van der Waals surface area contributed by atoms with Crippen LogP contribution in [0.2, 0.25) is 0 Å². The molecule has 0 bridgehead atoms. The Morgan fingerprint density at radius 2 is 1.22 bits per heavy atom.